The van der Waals surface area contributed by atoms with E-state index in [-0.39, 0.29) is 16.4 Å². The number of aromatic nitrogens is 1. The van der Waals surface area contributed by atoms with Crippen LogP contribution in [0.15, 0.2) is 18.2 Å². The fraction of sp³-hybridized carbons (Fsp3) is 0.231. The smallest absolute Gasteiger partial charge is 0.347 e. The van der Waals surface area contributed by atoms with Crippen LogP contribution in [-0.2, 0) is 0 Å². The molecule has 100 valence electrons. The van der Waals surface area contributed by atoms with Crippen LogP contribution in [0, 0.1) is 5.82 Å². The highest BCUT2D eigenvalue weighted by Crippen LogP contribution is 2.33. The lowest BCUT2D eigenvalue weighted by Crippen LogP contribution is -2.00. The van der Waals surface area contributed by atoms with E-state index in [1.807, 2.05) is 13.8 Å². The van der Waals surface area contributed by atoms with Crippen LogP contribution in [0.4, 0.5) is 4.39 Å². The van der Waals surface area contributed by atoms with Crippen molar-refractivity contribution in [1.82, 2.24) is 4.98 Å². The first-order valence-electron chi connectivity index (χ1n) is 5.59. The van der Waals surface area contributed by atoms with E-state index in [4.69, 9.17) is 16.7 Å². The highest BCUT2D eigenvalue weighted by Gasteiger charge is 2.21. The number of carboxylic acids is 1. The molecule has 0 amide bonds. The van der Waals surface area contributed by atoms with Gasteiger partial charge in [-0.1, -0.05) is 25.4 Å². The van der Waals surface area contributed by atoms with Crippen molar-refractivity contribution in [3.63, 3.8) is 0 Å². The molecule has 1 aromatic heterocycles. The van der Waals surface area contributed by atoms with Crippen molar-refractivity contribution >= 4 is 28.9 Å². The summed E-state index contributed by atoms with van der Waals surface area (Å²) in [4.78, 5) is 15.6. The Balaban J connectivity index is 2.57. The zero-order chi connectivity index (χ0) is 14.2. The topological polar surface area (TPSA) is 50.2 Å². The van der Waals surface area contributed by atoms with Crippen molar-refractivity contribution in [2.24, 2.45) is 0 Å². The molecule has 1 N–H and O–H groups in total. The third-order valence-corrected chi connectivity index (χ3v) is 3.88. The summed E-state index contributed by atoms with van der Waals surface area (Å²) in [6, 6.07) is 4.25. The van der Waals surface area contributed by atoms with Gasteiger partial charge in [0.1, 0.15) is 15.7 Å². The third kappa shape index (κ3) is 2.77. The average molecular weight is 300 g/mol. The van der Waals surface area contributed by atoms with E-state index in [2.05, 4.69) is 4.98 Å². The van der Waals surface area contributed by atoms with E-state index in [1.165, 1.54) is 12.1 Å². The molecule has 19 heavy (non-hydrogen) atoms. The van der Waals surface area contributed by atoms with Gasteiger partial charge in [-0.25, -0.2) is 14.2 Å². The number of aromatic carboxylic acids is 1. The molecule has 0 radical (unpaired) electrons. The fourth-order valence-corrected chi connectivity index (χ4v) is 2.90. The molecule has 0 aliphatic carbocycles. The molecule has 1 heterocycles. The number of nitrogens with zero attached hydrogens (tertiary/aromatic N) is 1. The first-order valence-corrected chi connectivity index (χ1v) is 6.79. The van der Waals surface area contributed by atoms with Gasteiger partial charge in [0, 0.05) is 10.6 Å². The lowest BCUT2D eigenvalue weighted by Gasteiger charge is -2.01. The number of benzene rings is 1. The van der Waals surface area contributed by atoms with Crippen LogP contribution in [0.3, 0.4) is 0 Å². The minimum atomic E-state index is -1.04. The summed E-state index contributed by atoms with van der Waals surface area (Å²) in [5.41, 5.74) is 0.741. The Bertz CT molecular complexity index is 640. The normalized spacial score (nSPS) is 11.0. The summed E-state index contributed by atoms with van der Waals surface area (Å²) in [6.07, 6.45) is 0. The molecule has 0 unspecified atom stereocenters. The van der Waals surface area contributed by atoms with Crippen LogP contribution in [0.2, 0.25) is 5.02 Å². The lowest BCUT2D eigenvalue weighted by molar-refractivity contribution is 0.0700. The summed E-state index contributed by atoms with van der Waals surface area (Å²) in [5.74, 6) is -1.58. The molecule has 0 aliphatic heterocycles. The van der Waals surface area contributed by atoms with Crippen molar-refractivity contribution in [2.45, 2.75) is 19.8 Å². The summed E-state index contributed by atoms with van der Waals surface area (Å²) in [6.45, 7) is 3.70. The van der Waals surface area contributed by atoms with Gasteiger partial charge in [0.25, 0.3) is 0 Å². The standard InChI is InChI=1S/C13H11ClFNO2S/c1-6(2)10-11(13(17)18)19-12(16-10)8-4-3-7(14)5-9(8)15/h3-6H,1-2H3,(H,17,18). The molecule has 0 saturated heterocycles. The van der Waals surface area contributed by atoms with Crippen molar-refractivity contribution in [3.8, 4) is 10.6 Å². The van der Waals surface area contributed by atoms with E-state index in [0.717, 1.165) is 11.3 Å². The van der Waals surface area contributed by atoms with Gasteiger partial charge in [-0.05, 0) is 24.1 Å². The van der Waals surface area contributed by atoms with Gasteiger partial charge >= 0.3 is 5.97 Å². The van der Waals surface area contributed by atoms with E-state index in [9.17, 15) is 9.18 Å². The van der Waals surface area contributed by atoms with Crippen molar-refractivity contribution in [3.05, 3.63) is 39.6 Å². The average Bonchev–Trinajstić information content (AvgIpc) is 2.73. The van der Waals surface area contributed by atoms with Crippen molar-refractivity contribution in [2.75, 3.05) is 0 Å². The van der Waals surface area contributed by atoms with Crippen molar-refractivity contribution in [1.29, 1.82) is 0 Å². The Morgan fingerprint density at radius 2 is 2.16 bits per heavy atom. The molecule has 2 aromatic rings. The minimum absolute atomic E-state index is 0.0357. The van der Waals surface area contributed by atoms with Gasteiger partial charge in [-0.15, -0.1) is 11.3 Å². The van der Waals surface area contributed by atoms with Crippen LogP contribution >= 0.6 is 22.9 Å². The van der Waals surface area contributed by atoms with Crippen LogP contribution in [-0.4, -0.2) is 16.1 Å². The Hall–Kier alpha value is -1.46. The first kappa shape index (κ1) is 14.0. The quantitative estimate of drug-likeness (QED) is 0.912. The van der Waals surface area contributed by atoms with Gasteiger partial charge < -0.3 is 5.11 Å². The molecule has 0 atom stereocenters. The number of thiazole rings is 1. The maximum Gasteiger partial charge on any atom is 0.347 e. The van der Waals surface area contributed by atoms with Gasteiger partial charge in [0.05, 0.1) is 5.69 Å². The first-order chi connectivity index (χ1) is 8.90. The van der Waals surface area contributed by atoms with E-state index < -0.39 is 11.8 Å². The molecular weight excluding hydrogens is 289 g/mol. The van der Waals surface area contributed by atoms with Crippen LogP contribution in [0.5, 0.6) is 0 Å². The third-order valence-electron chi connectivity index (χ3n) is 2.56. The zero-order valence-electron chi connectivity index (χ0n) is 10.3. The van der Waals surface area contributed by atoms with Crippen LogP contribution in [0.25, 0.3) is 10.6 Å². The molecule has 0 bridgehead atoms. The molecule has 0 spiro atoms. The monoisotopic (exact) mass is 299 g/mol. The Morgan fingerprint density at radius 3 is 2.63 bits per heavy atom. The summed E-state index contributed by atoms with van der Waals surface area (Å²) in [7, 11) is 0. The second-order valence-corrected chi connectivity index (χ2v) is 5.75. The molecular formula is C13H11ClFNO2S. The van der Waals surface area contributed by atoms with E-state index >= 15 is 0 Å². The fourth-order valence-electron chi connectivity index (χ4n) is 1.65. The summed E-state index contributed by atoms with van der Waals surface area (Å²) < 4.78 is 13.8. The second-order valence-electron chi connectivity index (χ2n) is 4.32. The summed E-state index contributed by atoms with van der Waals surface area (Å²) >= 11 is 6.67. The maximum absolute atomic E-state index is 13.8. The Morgan fingerprint density at radius 1 is 1.47 bits per heavy atom. The van der Waals surface area contributed by atoms with Crippen LogP contribution in [0.1, 0.15) is 35.1 Å². The summed E-state index contributed by atoms with van der Waals surface area (Å²) in [5, 5.41) is 9.79. The van der Waals surface area contributed by atoms with Gasteiger partial charge in [0.2, 0.25) is 0 Å². The number of rotatable bonds is 3. The predicted octanol–water partition coefficient (Wildman–Crippen LogP) is 4.42. The number of carboxylic acid groups (broad SMARTS) is 1. The minimum Gasteiger partial charge on any atom is -0.477 e. The number of carbonyl (C=O) groups is 1. The SMILES string of the molecule is CC(C)c1nc(-c2ccc(Cl)cc2F)sc1C(=O)O. The highest BCUT2D eigenvalue weighted by atomic mass is 35.5. The largest absolute Gasteiger partial charge is 0.477 e. The number of halogens is 2. The van der Waals surface area contributed by atoms with Gasteiger partial charge in [0.15, 0.2) is 0 Å². The lowest BCUT2D eigenvalue weighted by atomic mass is 10.1. The van der Waals surface area contributed by atoms with Crippen molar-refractivity contribution < 1.29 is 14.3 Å². The van der Waals surface area contributed by atoms with E-state index in [0.29, 0.717) is 15.7 Å². The number of hydrogen-bond donors (Lipinski definition) is 1. The maximum atomic E-state index is 13.8. The van der Waals surface area contributed by atoms with Gasteiger partial charge in [-0.2, -0.15) is 0 Å². The predicted molar refractivity (Wildman–Crippen MR) is 73.6 cm³/mol. The van der Waals surface area contributed by atoms with Crippen LogP contribution < -0.4 is 0 Å². The molecule has 0 aliphatic rings. The molecule has 1 aromatic carbocycles. The Kier molecular flexibility index (Phi) is 3.87. The highest BCUT2D eigenvalue weighted by molar-refractivity contribution is 7.17. The molecule has 3 nitrogen and oxygen atoms in total. The number of hydrogen-bond acceptors (Lipinski definition) is 3. The molecule has 2 rings (SSSR count). The molecule has 0 saturated carbocycles. The van der Waals surface area contributed by atoms with E-state index in [1.54, 1.807) is 6.07 Å². The Labute approximate surface area is 118 Å². The molecule has 6 heteroatoms. The second kappa shape index (κ2) is 5.27. The zero-order valence-corrected chi connectivity index (χ0v) is 11.8. The molecule has 0 fully saturated rings. The van der Waals surface area contributed by atoms with Gasteiger partial charge in [-0.3, -0.25) is 0 Å².